The van der Waals surface area contributed by atoms with Crippen molar-refractivity contribution in [3.63, 3.8) is 0 Å². The van der Waals surface area contributed by atoms with Gasteiger partial charge < -0.3 is 10.3 Å². The fourth-order valence-corrected chi connectivity index (χ4v) is 3.21. The van der Waals surface area contributed by atoms with Gasteiger partial charge in [-0.3, -0.25) is 4.79 Å². The van der Waals surface area contributed by atoms with E-state index in [1.54, 1.807) is 17.8 Å². The van der Waals surface area contributed by atoms with Crippen molar-refractivity contribution in [2.24, 2.45) is 5.92 Å². The number of aryl methyl sites for hydroxylation is 1. The monoisotopic (exact) mass is 297 g/mol. The van der Waals surface area contributed by atoms with Crippen molar-refractivity contribution in [3.8, 4) is 0 Å². The maximum atomic E-state index is 11.6. The van der Waals surface area contributed by atoms with Crippen molar-refractivity contribution in [3.05, 3.63) is 22.1 Å². The molecule has 0 aliphatic rings. The minimum absolute atomic E-state index is 0.0468. The molecule has 0 fully saturated rings. The molecule has 1 heterocycles. The highest BCUT2D eigenvalue weighted by atomic mass is 32.2. The maximum Gasteiger partial charge on any atom is 0.251 e. The van der Waals surface area contributed by atoms with E-state index >= 15 is 0 Å². The van der Waals surface area contributed by atoms with Crippen LogP contribution in [0.1, 0.15) is 46.2 Å². The van der Waals surface area contributed by atoms with E-state index in [4.69, 9.17) is 0 Å². The normalized spacial score (nSPS) is 14.2. The second kappa shape index (κ2) is 9.19. The van der Waals surface area contributed by atoms with E-state index < -0.39 is 0 Å². The van der Waals surface area contributed by atoms with Gasteiger partial charge in [0.1, 0.15) is 0 Å². The molecule has 1 aromatic heterocycles. The molecule has 0 aromatic carbocycles. The fourth-order valence-electron chi connectivity index (χ4n) is 2.08. The molecule has 2 N–H and O–H groups in total. The highest BCUT2D eigenvalue weighted by Gasteiger charge is 2.15. The van der Waals surface area contributed by atoms with E-state index in [9.17, 15) is 4.79 Å². The highest BCUT2D eigenvalue weighted by Crippen LogP contribution is 2.18. The number of rotatable bonds is 9. The first-order valence-corrected chi connectivity index (χ1v) is 8.55. The molecule has 0 spiro atoms. The molecule has 0 saturated carbocycles. The van der Waals surface area contributed by atoms with Crippen LogP contribution in [0, 0.1) is 5.92 Å². The van der Waals surface area contributed by atoms with Gasteiger partial charge in [-0.05, 0) is 18.9 Å². The smallest absolute Gasteiger partial charge is 0.251 e. The molecule has 2 unspecified atom stereocenters. The number of hydrogen-bond acceptors (Lipinski definition) is 4. The molecule has 4 nitrogen and oxygen atoms in total. The molecule has 0 bridgehead atoms. The first kappa shape index (κ1) is 17.2. The van der Waals surface area contributed by atoms with E-state index in [1.165, 1.54) is 0 Å². The molecule has 2 atom stereocenters. The van der Waals surface area contributed by atoms with E-state index in [0.29, 0.717) is 12.0 Å². The first-order chi connectivity index (χ1) is 9.60. The van der Waals surface area contributed by atoms with Crippen LogP contribution in [0.5, 0.6) is 0 Å². The summed E-state index contributed by atoms with van der Waals surface area (Å²) >= 11 is 1.64. The van der Waals surface area contributed by atoms with Crippen molar-refractivity contribution in [2.45, 2.75) is 58.2 Å². The predicted molar refractivity (Wildman–Crippen MR) is 86.5 cm³/mol. The van der Waals surface area contributed by atoms with Crippen LogP contribution in [0.15, 0.2) is 16.0 Å². The Hall–Kier alpha value is -0.810. The number of aromatic nitrogens is 2. The lowest BCUT2D eigenvalue weighted by molar-refractivity contribution is 0.403. The Morgan fingerprint density at radius 2 is 2.15 bits per heavy atom. The van der Waals surface area contributed by atoms with Crippen LogP contribution in [-0.4, -0.2) is 28.3 Å². The van der Waals surface area contributed by atoms with Gasteiger partial charge in [0.2, 0.25) is 0 Å². The molecule has 5 heteroatoms. The molecule has 0 amide bonds. The van der Waals surface area contributed by atoms with E-state index in [1.807, 2.05) is 0 Å². The van der Waals surface area contributed by atoms with Crippen molar-refractivity contribution >= 4 is 11.8 Å². The van der Waals surface area contributed by atoms with Gasteiger partial charge in [0, 0.05) is 23.6 Å². The van der Waals surface area contributed by atoms with Gasteiger partial charge in [-0.2, -0.15) is 0 Å². The Morgan fingerprint density at radius 3 is 2.75 bits per heavy atom. The van der Waals surface area contributed by atoms with Crippen LogP contribution in [-0.2, 0) is 6.42 Å². The summed E-state index contributed by atoms with van der Waals surface area (Å²) in [5.41, 5.74) is 0.844. The number of nitrogens with zero attached hydrogens (tertiary/aromatic N) is 1. The lowest BCUT2D eigenvalue weighted by atomic mass is 10.0. The van der Waals surface area contributed by atoms with Crippen LogP contribution in [0.4, 0.5) is 0 Å². The molecule has 0 radical (unpaired) electrons. The molecule has 114 valence electrons. The summed E-state index contributed by atoms with van der Waals surface area (Å²) in [5, 5.41) is 4.26. The quantitative estimate of drug-likeness (QED) is 0.543. The molecule has 20 heavy (non-hydrogen) atoms. The van der Waals surface area contributed by atoms with Crippen molar-refractivity contribution in [1.29, 1.82) is 0 Å². The number of nitrogens with one attached hydrogen (secondary N) is 2. The van der Waals surface area contributed by atoms with Crippen molar-refractivity contribution < 1.29 is 0 Å². The third kappa shape index (κ3) is 5.67. The third-order valence-corrected chi connectivity index (χ3v) is 4.47. The van der Waals surface area contributed by atoms with E-state index in [2.05, 4.69) is 43.0 Å². The minimum Gasteiger partial charge on any atom is -0.313 e. The molecular formula is C15H27N3OS. The van der Waals surface area contributed by atoms with Gasteiger partial charge >= 0.3 is 0 Å². The average Bonchev–Trinajstić information content (AvgIpc) is 2.42. The van der Waals surface area contributed by atoms with Gasteiger partial charge in [0.05, 0.1) is 0 Å². The summed E-state index contributed by atoms with van der Waals surface area (Å²) in [6, 6.07) is 2.06. The standard InChI is InChI=1S/C15H27N3OS/c1-5-8-12-9-14(19)18-15(17-12)20-10-13(16-7-3)11(4)6-2/h9,11,13,16H,5-8,10H2,1-4H3,(H,17,18,19). The SMILES string of the molecule is CCCc1cc(=O)[nH]c(SCC(NCC)C(C)CC)n1. The average molecular weight is 297 g/mol. The molecule has 0 aliphatic heterocycles. The molecule has 1 aromatic rings. The summed E-state index contributed by atoms with van der Waals surface area (Å²) in [6.45, 7) is 9.66. The van der Waals surface area contributed by atoms with Crippen LogP contribution in [0.3, 0.4) is 0 Å². The van der Waals surface area contributed by atoms with Gasteiger partial charge in [-0.25, -0.2) is 4.98 Å². The summed E-state index contributed by atoms with van der Waals surface area (Å²) in [7, 11) is 0. The van der Waals surface area contributed by atoms with Gasteiger partial charge in [0.15, 0.2) is 5.16 Å². The predicted octanol–water partition coefficient (Wildman–Crippen LogP) is 2.84. The van der Waals surface area contributed by atoms with E-state index in [-0.39, 0.29) is 5.56 Å². The maximum absolute atomic E-state index is 11.6. The molecular weight excluding hydrogens is 270 g/mol. The lowest BCUT2D eigenvalue weighted by Gasteiger charge is -2.23. The number of hydrogen-bond donors (Lipinski definition) is 2. The Balaban J connectivity index is 2.69. The van der Waals surface area contributed by atoms with Crippen molar-refractivity contribution in [1.82, 2.24) is 15.3 Å². The Kier molecular flexibility index (Phi) is 7.92. The summed E-state index contributed by atoms with van der Waals surface area (Å²) in [5.74, 6) is 1.55. The van der Waals surface area contributed by atoms with Gasteiger partial charge in [-0.1, -0.05) is 52.3 Å². The molecule has 0 aliphatic carbocycles. The Morgan fingerprint density at radius 1 is 1.40 bits per heavy atom. The van der Waals surface area contributed by atoms with Crippen LogP contribution < -0.4 is 10.9 Å². The zero-order chi connectivity index (χ0) is 15.0. The van der Waals surface area contributed by atoms with Crippen LogP contribution in [0.2, 0.25) is 0 Å². The summed E-state index contributed by atoms with van der Waals surface area (Å²) in [4.78, 5) is 19.0. The van der Waals surface area contributed by atoms with Crippen LogP contribution >= 0.6 is 11.8 Å². The second-order valence-corrected chi connectivity index (χ2v) is 6.16. The zero-order valence-corrected chi connectivity index (χ0v) is 13.8. The Labute approximate surface area is 126 Å². The van der Waals surface area contributed by atoms with Gasteiger partial charge in [0.25, 0.3) is 5.56 Å². The van der Waals surface area contributed by atoms with Gasteiger partial charge in [-0.15, -0.1) is 0 Å². The van der Waals surface area contributed by atoms with E-state index in [0.717, 1.165) is 42.4 Å². The molecule has 1 rings (SSSR count). The zero-order valence-electron chi connectivity index (χ0n) is 13.0. The summed E-state index contributed by atoms with van der Waals surface area (Å²) < 4.78 is 0. The third-order valence-electron chi connectivity index (χ3n) is 3.48. The number of thioether (sulfide) groups is 1. The first-order valence-electron chi connectivity index (χ1n) is 7.57. The van der Waals surface area contributed by atoms with Crippen molar-refractivity contribution in [2.75, 3.05) is 12.3 Å². The number of aromatic amines is 1. The molecule has 0 saturated heterocycles. The number of H-pyrrole nitrogens is 1. The summed E-state index contributed by atoms with van der Waals surface area (Å²) in [6.07, 6.45) is 3.02. The second-order valence-electron chi connectivity index (χ2n) is 5.15. The topological polar surface area (TPSA) is 57.8 Å². The largest absolute Gasteiger partial charge is 0.313 e. The minimum atomic E-state index is -0.0468. The van der Waals surface area contributed by atoms with Crippen LogP contribution in [0.25, 0.3) is 0 Å². The lowest BCUT2D eigenvalue weighted by Crippen LogP contribution is -2.36. The Bertz CT molecular complexity index is 447. The fraction of sp³-hybridized carbons (Fsp3) is 0.733. The highest BCUT2D eigenvalue weighted by molar-refractivity contribution is 7.99.